The molecular formula is C21H19Cl2N7O. The summed E-state index contributed by atoms with van der Waals surface area (Å²) in [6.45, 7) is 3.91. The summed E-state index contributed by atoms with van der Waals surface area (Å²) in [4.78, 5) is 21.2. The van der Waals surface area contributed by atoms with Crippen LogP contribution in [0, 0.1) is 13.8 Å². The van der Waals surface area contributed by atoms with Gasteiger partial charge < -0.3 is 5.32 Å². The predicted octanol–water partition coefficient (Wildman–Crippen LogP) is 5.10. The highest BCUT2D eigenvalue weighted by molar-refractivity contribution is 6.31. The molecule has 0 aliphatic rings. The highest BCUT2D eigenvalue weighted by atomic mass is 35.5. The van der Waals surface area contributed by atoms with Crippen LogP contribution in [-0.4, -0.2) is 25.8 Å². The van der Waals surface area contributed by atoms with Crippen molar-refractivity contribution in [2.75, 3.05) is 10.7 Å². The number of fused-ring (bicyclic) bond motifs is 1. The molecule has 0 bridgehead atoms. The van der Waals surface area contributed by atoms with Crippen molar-refractivity contribution in [1.82, 2.24) is 25.2 Å². The molecule has 4 aromatic rings. The first-order chi connectivity index (χ1) is 14.8. The lowest BCUT2D eigenvalue weighted by Gasteiger charge is -2.12. The van der Waals surface area contributed by atoms with Crippen LogP contribution in [0.5, 0.6) is 0 Å². The lowest BCUT2D eigenvalue weighted by Crippen LogP contribution is -2.34. The standard InChI is InChI=1S/C21H19Cl2N7O/c1-11-7-18(26-20-19(11)12(2)29-30(20)3)27-28-21(31)24-15-9-16(25-17(23)10-15)13-5-4-6-14(22)8-13/h4-10H,1-3H3,(H,26,27)(H2,24,25,28,31). The van der Waals surface area contributed by atoms with Crippen LogP contribution in [-0.2, 0) is 7.05 Å². The number of urea groups is 1. The van der Waals surface area contributed by atoms with Crippen LogP contribution in [0.15, 0.2) is 42.5 Å². The smallest absolute Gasteiger partial charge is 0.306 e. The van der Waals surface area contributed by atoms with Gasteiger partial charge in [0.05, 0.1) is 11.4 Å². The van der Waals surface area contributed by atoms with Gasteiger partial charge in [-0.05, 0) is 49.7 Å². The Morgan fingerprint density at radius 1 is 1.06 bits per heavy atom. The second kappa shape index (κ2) is 8.41. The molecule has 0 aliphatic heterocycles. The maximum Gasteiger partial charge on any atom is 0.337 e. The molecule has 2 amide bonds. The number of anilines is 2. The van der Waals surface area contributed by atoms with Gasteiger partial charge in [0.25, 0.3) is 0 Å². The summed E-state index contributed by atoms with van der Waals surface area (Å²) in [7, 11) is 1.83. The Kier molecular flexibility index (Phi) is 5.67. The average Bonchev–Trinajstić information content (AvgIpc) is 3.00. The Morgan fingerprint density at radius 3 is 2.65 bits per heavy atom. The molecule has 0 spiro atoms. The second-order valence-electron chi connectivity index (χ2n) is 7.01. The van der Waals surface area contributed by atoms with E-state index < -0.39 is 6.03 Å². The van der Waals surface area contributed by atoms with Crippen LogP contribution in [0.1, 0.15) is 11.3 Å². The Morgan fingerprint density at radius 2 is 1.87 bits per heavy atom. The van der Waals surface area contributed by atoms with Gasteiger partial charge in [-0.3, -0.25) is 15.5 Å². The molecule has 10 heteroatoms. The van der Waals surface area contributed by atoms with E-state index in [1.54, 1.807) is 28.9 Å². The SMILES string of the molecule is Cc1cc(NNC(=O)Nc2cc(Cl)nc(-c3cccc(Cl)c3)c2)nc2c1c(C)nn2C. The van der Waals surface area contributed by atoms with Gasteiger partial charge in [-0.25, -0.2) is 14.8 Å². The second-order valence-corrected chi connectivity index (χ2v) is 7.83. The lowest BCUT2D eigenvalue weighted by molar-refractivity contribution is 0.254. The number of halogens is 2. The molecular weight excluding hydrogens is 437 g/mol. The van der Waals surface area contributed by atoms with Crippen molar-refractivity contribution in [2.24, 2.45) is 7.05 Å². The van der Waals surface area contributed by atoms with Gasteiger partial charge in [0.1, 0.15) is 11.0 Å². The summed E-state index contributed by atoms with van der Waals surface area (Å²) >= 11 is 12.2. The Labute approximate surface area is 188 Å². The van der Waals surface area contributed by atoms with E-state index in [1.165, 1.54) is 0 Å². The summed E-state index contributed by atoms with van der Waals surface area (Å²) < 4.78 is 1.71. The lowest BCUT2D eigenvalue weighted by atomic mass is 10.1. The van der Waals surface area contributed by atoms with Gasteiger partial charge in [0.15, 0.2) is 5.65 Å². The van der Waals surface area contributed by atoms with Crippen LogP contribution >= 0.6 is 23.2 Å². The molecule has 3 heterocycles. The van der Waals surface area contributed by atoms with Crippen molar-refractivity contribution in [1.29, 1.82) is 0 Å². The number of hydrazine groups is 1. The van der Waals surface area contributed by atoms with Crippen molar-refractivity contribution in [3.8, 4) is 11.3 Å². The van der Waals surface area contributed by atoms with Crippen LogP contribution in [0.25, 0.3) is 22.3 Å². The molecule has 0 fully saturated rings. The first-order valence-corrected chi connectivity index (χ1v) is 10.1. The molecule has 3 aromatic heterocycles. The fraction of sp³-hybridized carbons (Fsp3) is 0.143. The molecule has 31 heavy (non-hydrogen) atoms. The topological polar surface area (TPSA) is 96.8 Å². The third-order valence-electron chi connectivity index (χ3n) is 4.64. The number of nitrogens with one attached hydrogen (secondary N) is 3. The predicted molar refractivity (Wildman–Crippen MR) is 123 cm³/mol. The van der Waals surface area contributed by atoms with E-state index in [2.05, 4.69) is 31.2 Å². The van der Waals surface area contributed by atoms with Gasteiger partial charge in [0, 0.05) is 28.7 Å². The Hall–Kier alpha value is -3.36. The molecule has 0 saturated carbocycles. The molecule has 0 atom stereocenters. The molecule has 4 rings (SSSR count). The summed E-state index contributed by atoms with van der Waals surface area (Å²) in [6, 6.07) is 11.9. The zero-order chi connectivity index (χ0) is 22.1. The maximum absolute atomic E-state index is 12.4. The van der Waals surface area contributed by atoms with Crippen molar-refractivity contribution >= 4 is 51.8 Å². The van der Waals surface area contributed by atoms with Crippen molar-refractivity contribution < 1.29 is 4.79 Å². The van der Waals surface area contributed by atoms with E-state index >= 15 is 0 Å². The number of hydrogen-bond acceptors (Lipinski definition) is 5. The fourth-order valence-electron chi connectivity index (χ4n) is 3.37. The van der Waals surface area contributed by atoms with E-state index in [1.807, 2.05) is 39.1 Å². The van der Waals surface area contributed by atoms with Gasteiger partial charge >= 0.3 is 6.03 Å². The number of carbonyl (C=O) groups is 1. The van der Waals surface area contributed by atoms with Crippen LogP contribution in [0.4, 0.5) is 16.3 Å². The normalized spacial score (nSPS) is 10.9. The number of amides is 2. The highest BCUT2D eigenvalue weighted by Gasteiger charge is 2.12. The van der Waals surface area contributed by atoms with Crippen molar-refractivity contribution in [3.05, 3.63) is 63.9 Å². The molecule has 0 unspecified atom stereocenters. The fourth-order valence-corrected chi connectivity index (χ4v) is 3.77. The van der Waals surface area contributed by atoms with Gasteiger partial charge in [0.2, 0.25) is 0 Å². The molecule has 158 valence electrons. The average molecular weight is 456 g/mol. The van der Waals surface area contributed by atoms with E-state index in [9.17, 15) is 4.79 Å². The molecule has 0 saturated heterocycles. The largest absolute Gasteiger partial charge is 0.337 e. The van der Waals surface area contributed by atoms with E-state index in [4.69, 9.17) is 23.2 Å². The first kappa shape index (κ1) is 20.9. The third-order valence-corrected chi connectivity index (χ3v) is 5.07. The Balaban J connectivity index is 1.48. The number of hydrogen-bond donors (Lipinski definition) is 3. The molecule has 1 aromatic carbocycles. The number of nitrogens with zero attached hydrogens (tertiary/aromatic N) is 4. The van der Waals surface area contributed by atoms with Crippen molar-refractivity contribution in [3.63, 3.8) is 0 Å². The van der Waals surface area contributed by atoms with Crippen molar-refractivity contribution in [2.45, 2.75) is 13.8 Å². The summed E-state index contributed by atoms with van der Waals surface area (Å²) in [5.74, 6) is 0.496. The quantitative estimate of drug-likeness (QED) is 0.293. The maximum atomic E-state index is 12.4. The summed E-state index contributed by atoms with van der Waals surface area (Å²) in [6.07, 6.45) is 0. The molecule has 0 radical (unpaired) electrons. The first-order valence-electron chi connectivity index (χ1n) is 9.37. The number of rotatable bonds is 4. The third kappa shape index (κ3) is 4.55. The van der Waals surface area contributed by atoms with E-state index in [0.29, 0.717) is 22.2 Å². The van der Waals surface area contributed by atoms with Crippen LogP contribution in [0.3, 0.4) is 0 Å². The zero-order valence-corrected chi connectivity index (χ0v) is 18.5. The Bertz CT molecular complexity index is 1300. The van der Waals surface area contributed by atoms with Gasteiger partial charge in [-0.15, -0.1) is 0 Å². The summed E-state index contributed by atoms with van der Waals surface area (Å²) in [5.41, 5.74) is 9.90. The number of pyridine rings is 2. The molecule has 3 N–H and O–H groups in total. The van der Waals surface area contributed by atoms with E-state index in [-0.39, 0.29) is 5.15 Å². The number of aromatic nitrogens is 4. The number of carbonyl (C=O) groups excluding carboxylic acids is 1. The number of benzene rings is 1. The minimum atomic E-state index is -0.486. The van der Waals surface area contributed by atoms with Gasteiger partial charge in [-0.1, -0.05) is 35.3 Å². The number of aryl methyl sites for hydroxylation is 3. The minimum Gasteiger partial charge on any atom is -0.306 e. The van der Waals surface area contributed by atoms with Gasteiger partial charge in [-0.2, -0.15) is 5.10 Å². The highest BCUT2D eigenvalue weighted by Crippen LogP contribution is 2.26. The molecule has 0 aliphatic carbocycles. The van der Waals surface area contributed by atoms with Crippen LogP contribution in [0.2, 0.25) is 10.2 Å². The van der Waals surface area contributed by atoms with Crippen LogP contribution < -0.4 is 16.2 Å². The monoisotopic (exact) mass is 455 g/mol. The zero-order valence-electron chi connectivity index (χ0n) is 17.0. The minimum absolute atomic E-state index is 0.245. The summed E-state index contributed by atoms with van der Waals surface area (Å²) in [5, 5.41) is 8.95. The molecule has 8 nitrogen and oxygen atoms in total. The van der Waals surface area contributed by atoms with E-state index in [0.717, 1.165) is 27.9 Å².